The molecule has 1 aromatic heterocycles. The van der Waals surface area contributed by atoms with Crippen LogP contribution in [0.15, 0.2) is 71.3 Å². The summed E-state index contributed by atoms with van der Waals surface area (Å²) in [5, 5.41) is 0. The molecule has 2 aromatic carbocycles. The Morgan fingerprint density at radius 3 is 2.09 bits per heavy atom. The van der Waals surface area contributed by atoms with Crippen molar-refractivity contribution in [2.24, 2.45) is 0 Å². The normalized spacial score (nSPS) is 18.7. The van der Waals surface area contributed by atoms with E-state index in [1.807, 2.05) is 29.2 Å². The highest BCUT2D eigenvalue weighted by Crippen LogP contribution is 2.42. The van der Waals surface area contributed by atoms with E-state index in [4.69, 9.17) is 0 Å². The zero-order valence-corrected chi connectivity index (χ0v) is 19.5. The van der Waals surface area contributed by atoms with E-state index in [1.165, 1.54) is 11.1 Å². The van der Waals surface area contributed by atoms with Crippen LogP contribution >= 0.6 is 15.9 Å². The molecule has 0 atom stereocenters. The first-order valence-electron chi connectivity index (χ1n) is 10.9. The predicted molar refractivity (Wildman–Crippen MR) is 127 cm³/mol. The second-order valence-electron chi connectivity index (χ2n) is 8.45. The molecule has 1 saturated heterocycles. The lowest BCUT2D eigenvalue weighted by molar-refractivity contribution is 0.0266. The van der Waals surface area contributed by atoms with Gasteiger partial charge in [0, 0.05) is 43.9 Å². The van der Waals surface area contributed by atoms with E-state index >= 15 is 0 Å². The van der Waals surface area contributed by atoms with Gasteiger partial charge in [0.25, 0.3) is 0 Å². The van der Waals surface area contributed by atoms with Crippen molar-refractivity contribution < 1.29 is 9.59 Å². The van der Waals surface area contributed by atoms with E-state index in [2.05, 4.69) is 57.0 Å². The van der Waals surface area contributed by atoms with E-state index in [0.717, 1.165) is 19.6 Å². The smallest absolute Gasteiger partial charge is 0.198 e. The van der Waals surface area contributed by atoms with Crippen LogP contribution in [0.3, 0.4) is 0 Å². The highest BCUT2D eigenvalue weighted by atomic mass is 79.9. The molecule has 0 bridgehead atoms. The largest absolute Gasteiger partial charge is 0.297 e. The van der Waals surface area contributed by atoms with Crippen LogP contribution in [0.25, 0.3) is 0 Å². The molecule has 2 aliphatic rings. The van der Waals surface area contributed by atoms with Crippen molar-refractivity contribution in [1.29, 1.82) is 0 Å². The molecule has 0 saturated carbocycles. The van der Waals surface area contributed by atoms with Gasteiger partial charge in [0.05, 0.1) is 5.69 Å². The predicted octanol–water partition coefficient (Wildman–Crippen LogP) is 4.24. The van der Waals surface area contributed by atoms with Crippen molar-refractivity contribution in [1.82, 2.24) is 14.8 Å². The number of fused-ring (bicyclic) bond motifs is 1. The number of carbonyl (C=O) groups excluding carboxylic acids is 2. The maximum atomic E-state index is 13.8. The van der Waals surface area contributed by atoms with Gasteiger partial charge in [-0.25, -0.2) is 4.98 Å². The number of hydrogen-bond acceptors (Lipinski definition) is 5. The first-order valence-corrected chi connectivity index (χ1v) is 11.6. The minimum Gasteiger partial charge on any atom is -0.297 e. The number of carbonyl (C=O) groups is 2. The van der Waals surface area contributed by atoms with Crippen molar-refractivity contribution in [3.63, 3.8) is 0 Å². The van der Waals surface area contributed by atoms with E-state index < -0.39 is 5.54 Å². The summed E-state index contributed by atoms with van der Waals surface area (Å²) >= 11 is 3.43. The highest BCUT2D eigenvalue weighted by Gasteiger charge is 2.59. The van der Waals surface area contributed by atoms with Crippen LogP contribution in [0.1, 0.15) is 37.5 Å². The number of piperazine rings is 1. The lowest BCUT2D eigenvalue weighted by Crippen LogP contribution is -2.60. The average molecular weight is 490 g/mol. The van der Waals surface area contributed by atoms with Gasteiger partial charge in [-0.2, -0.15) is 0 Å². The fourth-order valence-electron chi connectivity index (χ4n) is 4.93. The Kier molecular flexibility index (Phi) is 5.53. The molecule has 2 heterocycles. The van der Waals surface area contributed by atoms with Crippen LogP contribution in [0.4, 0.5) is 0 Å². The van der Waals surface area contributed by atoms with E-state index in [0.29, 0.717) is 34.5 Å². The van der Waals surface area contributed by atoms with Gasteiger partial charge >= 0.3 is 0 Å². The van der Waals surface area contributed by atoms with Crippen molar-refractivity contribution in [3.05, 3.63) is 99.3 Å². The second kappa shape index (κ2) is 8.35. The molecule has 0 radical (unpaired) electrons. The number of ketones is 2. The van der Waals surface area contributed by atoms with Gasteiger partial charge in [-0.15, -0.1) is 0 Å². The van der Waals surface area contributed by atoms with Crippen LogP contribution in [0.5, 0.6) is 0 Å². The molecule has 1 aliphatic heterocycles. The van der Waals surface area contributed by atoms with Crippen LogP contribution in [-0.2, 0) is 12.1 Å². The maximum Gasteiger partial charge on any atom is 0.198 e. The fourth-order valence-corrected chi connectivity index (χ4v) is 5.28. The molecule has 0 N–H and O–H groups in total. The van der Waals surface area contributed by atoms with Crippen molar-refractivity contribution in [2.45, 2.75) is 19.0 Å². The fraction of sp³-hybridized carbons (Fsp3) is 0.269. The van der Waals surface area contributed by atoms with E-state index in [1.54, 1.807) is 18.2 Å². The van der Waals surface area contributed by atoms with Crippen molar-refractivity contribution in [2.75, 3.05) is 26.2 Å². The average Bonchev–Trinajstić information content (AvgIpc) is 3.04. The zero-order chi connectivity index (χ0) is 22.3. The molecule has 5 nitrogen and oxygen atoms in total. The molecule has 0 unspecified atom stereocenters. The van der Waals surface area contributed by atoms with Gasteiger partial charge in [0.2, 0.25) is 0 Å². The van der Waals surface area contributed by atoms with Crippen LogP contribution in [0, 0.1) is 6.92 Å². The van der Waals surface area contributed by atoms with Crippen LogP contribution in [0.2, 0.25) is 0 Å². The lowest BCUT2D eigenvalue weighted by atomic mass is 9.85. The Morgan fingerprint density at radius 2 is 1.47 bits per heavy atom. The lowest BCUT2D eigenvalue weighted by Gasteiger charge is -2.43. The van der Waals surface area contributed by atoms with E-state index in [-0.39, 0.29) is 11.6 Å². The number of aromatic nitrogens is 1. The zero-order valence-electron chi connectivity index (χ0n) is 17.9. The standard InChI is InChI=1S/C26H24BrN3O2/c1-18-7-2-3-8-19(18)17-29-13-15-30(16-14-29)26(22-11-6-12-23(27)28-22)24(31)20-9-4-5-10-21(20)25(26)32/h2-12H,13-17H2,1H3. The summed E-state index contributed by atoms with van der Waals surface area (Å²) in [7, 11) is 0. The number of halogens is 1. The Balaban J connectivity index is 1.48. The topological polar surface area (TPSA) is 53.5 Å². The molecule has 1 fully saturated rings. The minimum atomic E-state index is -1.40. The van der Waals surface area contributed by atoms with Crippen molar-refractivity contribution >= 4 is 27.5 Å². The summed E-state index contributed by atoms with van der Waals surface area (Å²) < 4.78 is 0.615. The van der Waals surface area contributed by atoms with Gasteiger partial charge in [-0.05, 0) is 46.1 Å². The minimum absolute atomic E-state index is 0.170. The maximum absolute atomic E-state index is 13.8. The Bertz CT molecular complexity index is 1170. The van der Waals surface area contributed by atoms with Gasteiger partial charge in [-0.1, -0.05) is 54.6 Å². The van der Waals surface area contributed by atoms with Gasteiger partial charge < -0.3 is 0 Å². The third-order valence-corrected chi connectivity index (χ3v) is 7.10. The summed E-state index contributed by atoms with van der Waals surface area (Å²) in [6.07, 6.45) is 0. The summed E-state index contributed by atoms with van der Waals surface area (Å²) in [6.45, 7) is 5.79. The quantitative estimate of drug-likeness (QED) is 0.405. The first-order chi connectivity index (χ1) is 15.5. The molecule has 6 heteroatoms. The molecule has 3 aromatic rings. The molecule has 0 spiro atoms. The number of benzene rings is 2. The molecule has 32 heavy (non-hydrogen) atoms. The van der Waals surface area contributed by atoms with Crippen molar-refractivity contribution in [3.8, 4) is 0 Å². The molecular weight excluding hydrogens is 466 g/mol. The molecule has 5 rings (SSSR count). The summed E-state index contributed by atoms with van der Waals surface area (Å²) in [4.78, 5) is 36.7. The Morgan fingerprint density at radius 1 is 0.844 bits per heavy atom. The number of aryl methyl sites for hydroxylation is 1. The monoisotopic (exact) mass is 489 g/mol. The van der Waals surface area contributed by atoms with Crippen LogP contribution in [-0.4, -0.2) is 52.5 Å². The second-order valence-corrected chi connectivity index (χ2v) is 9.26. The Hall–Kier alpha value is -2.67. The third kappa shape index (κ3) is 3.34. The number of pyridine rings is 1. The molecule has 162 valence electrons. The number of Topliss-reactive ketones (excluding diaryl/α,β-unsaturated/α-hetero) is 2. The van der Waals surface area contributed by atoms with E-state index in [9.17, 15) is 9.59 Å². The van der Waals surface area contributed by atoms with Gasteiger partial charge in [0.1, 0.15) is 4.60 Å². The highest BCUT2D eigenvalue weighted by molar-refractivity contribution is 9.10. The third-order valence-electron chi connectivity index (χ3n) is 6.66. The SMILES string of the molecule is Cc1ccccc1CN1CCN(C2(c3cccc(Br)n3)C(=O)c3ccccc3C2=O)CC1. The Labute approximate surface area is 196 Å². The van der Waals surface area contributed by atoms with Gasteiger partial charge in [0.15, 0.2) is 17.1 Å². The van der Waals surface area contributed by atoms with Crippen LogP contribution < -0.4 is 0 Å². The summed E-state index contributed by atoms with van der Waals surface area (Å²) in [6, 6.07) is 21.0. The molecular formula is C26H24BrN3O2. The van der Waals surface area contributed by atoms with Gasteiger partial charge in [-0.3, -0.25) is 19.4 Å². The number of hydrogen-bond donors (Lipinski definition) is 0. The molecule has 0 amide bonds. The number of rotatable bonds is 4. The summed E-state index contributed by atoms with van der Waals surface area (Å²) in [5.41, 5.74) is 2.65. The number of nitrogens with zero attached hydrogens (tertiary/aromatic N) is 3. The molecule has 1 aliphatic carbocycles. The summed E-state index contributed by atoms with van der Waals surface area (Å²) in [5.74, 6) is -0.341. The first kappa shape index (κ1) is 21.2.